The fourth-order valence-electron chi connectivity index (χ4n) is 1.00. The van der Waals surface area contributed by atoms with Gasteiger partial charge in [-0.25, -0.2) is 13.4 Å². The van der Waals surface area contributed by atoms with Gasteiger partial charge in [0.15, 0.2) is 9.84 Å². The van der Waals surface area contributed by atoms with Crippen LogP contribution in [0.1, 0.15) is 16.7 Å². The molecule has 3 nitrogen and oxygen atoms in total. The van der Waals surface area contributed by atoms with E-state index in [4.69, 9.17) is 0 Å². The molecule has 0 amide bonds. The molecule has 72 valence electrons. The van der Waals surface area contributed by atoms with Crippen molar-refractivity contribution in [2.24, 2.45) is 0 Å². The van der Waals surface area contributed by atoms with E-state index in [9.17, 15) is 8.42 Å². The smallest absolute Gasteiger partial charge is 0.157 e. The Bertz CT molecular complexity index is 367. The van der Waals surface area contributed by atoms with Gasteiger partial charge in [0.1, 0.15) is 10.3 Å². The van der Waals surface area contributed by atoms with Crippen LogP contribution in [-0.4, -0.2) is 19.7 Å². The third-order valence-corrected chi connectivity index (χ3v) is 4.11. The van der Waals surface area contributed by atoms with Crippen LogP contribution in [0.25, 0.3) is 0 Å². The van der Waals surface area contributed by atoms with Crippen LogP contribution in [0.3, 0.4) is 0 Å². The highest BCUT2D eigenvalue weighted by molar-refractivity contribution is 7.91. The summed E-state index contributed by atoms with van der Waals surface area (Å²) in [5.41, 5.74) is 0. The van der Waals surface area contributed by atoms with Crippen molar-refractivity contribution in [3.8, 4) is 0 Å². The molecular formula is C8H11NO2S2. The molecule has 0 radical (unpaired) electrons. The Balaban J connectivity index is 3.00. The van der Waals surface area contributed by atoms with Gasteiger partial charge < -0.3 is 0 Å². The van der Waals surface area contributed by atoms with E-state index in [1.54, 1.807) is 17.7 Å². The van der Waals surface area contributed by atoms with Crippen LogP contribution >= 0.6 is 11.3 Å². The fourth-order valence-corrected chi connectivity index (χ4v) is 3.24. The highest BCUT2D eigenvalue weighted by Gasteiger charge is 2.23. The van der Waals surface area contributed by atoms with Crippen LogP contribution in [0.2, 0.25) is 0 Å². The molecular weight excluding hydrogens is 206 g/mol. The molecule has 0 N–H and O–H groups in total. The highest BCUT2D eigenvalue weighted by Crippen LogP contribution is 2.26. The summed E-state index contributed by atoms with van der Waals surface area (Å²) in [6, 6.07) is 0. The van der Waals surface area contributed by atoms with Crippen molar-refractivity contribution in [3.05, 3.63) is 29.2 Å². The molecule has 13 heavy (non-hydrogen) atoms. The maximum Gasteiger partial charge on any atom is 0.157 e. The summed E-state index contributed by atoms with van der Waals surface area (Å²) >= 11 is 1.36. The van der Waals surface area contributed by atoms with E-state index >= 15 is 0 Å². The summed E-state index contributed by atoms with van der Waals surface area (Å²) in [5.74, 6) is 0. The summed E-state index contributed by atoms with van der Waals surface area (Å²) < 4.78 is 22.7. The van der Waals surface area contributed by atoms with Crippen molar-refractivity contribution in [2.45, 2.75) is 11.7 Å². The van der Waals surface area contributed by atoms with Gasteiger partial charge in [0.2, 0.25) is 0 Å². The molecule has 5 heteroatoms. The number of allylic oxidation sites excluding steroid dienone is 1. The average molecular weight is 217 g/mol. The number of hydrogen-bond donors (Lipinski definition) is 0. The van der Waals surface area contributed by atoms with Crippen LogP contribution < -0.4 is 0 Å². The lowest BCUT2D eigenvalue weighted by molar-refractivity contribution is 0.588. The number of rotatable bonds is 4. The highest BCUT2D eigenvalue weighted by atomic mass is 32.2. The van der Waals surface area contributed by atoms with E-state index in [-0.39, 0.29) is 0 Å². The van der Waals surface area contributed by atoms with Gasteiger partial charge in [-0.15, -0.1) is 17.9 Å². The predicted octanol–water partition coefficient (Wildman–Crippen LogP) is 1.80. The lowest BCUT2D eigenvalue weighted by Gasteiger charge is -2.08. The number of hydrogen-bond acceptors (Lipinski definition) is 4. The van der Waals surface area contributed by atoms with Gasteiger partial charge in [-0.05, 0) is 6.42 Å². The van der Waals surface area contributed by atoms with Crippen LogP contribution in [0.4, 0.5) is 0 Å². The van der Waals surface area contributed by atoms with E-state index < -0.39 is 15.1 Å². The molecule has 0 saturated carbocycles. The first kappa shape index (κ1) is 10.4. The molecule has 1 rings (SSSR count). The molecule has 0 aliphatic rings. The van der Waals surface area contributed by atoms with Crippen LogP contribution in [0.5, 0.6) is 0 Å². The SMILES string of the molecule is C=CCC(c1nccs1)S(C)(=O)=O. The third kappa shape index (κ3) is 2.63. The Kier molecular flexibility index (Phi) is 3.22. The monoisotopic (exact) mass is 217 g/mol. The summed E-state index contributed by atoms with van der Waals surface area (Å²) in [4.78, 5) is 3.99. The maximum atomic E-state index is 11.3. The average Bonchev–Trinajstić information content (AvgIpc) is 2.49. The maximum absolute atomic E-state index is 11.3. The van der Waals surface area contributed by atoms with Gasteiger partial charge >= 0.3 is 0 Å². The van der Waals surface area contributed by atoms with Gasteiger partial charge in [-0.2, -0.15) is 0 Å². The largest absolute Gasteiger partial charge is 0.248 e. The lowest BCUT2D eigenvalue weighted by Crippen LogP contribution is -2.10. The molecule has 1 heterocycles. The Hall–Kier alpha value is -0.680. The minimum Gasteiger partial charge on any atom is -0.248 e. The zero-order valence-electron chi connectivity index (χ0n) is 7.30. The van der Waals surface area contributed by atoms with Gasteiger partial charge in [-0.1, -0.05) is 6.08 Å². The molecule has 0 fully saturated rings. The third-order valence-electron chi connectivity index (χ3n) is 1.62. The van der Waals surface area contributed by atoms with Gasteiger partial charge in [0, 0.05) is 17.8 Å². The first-order valence-corrected chi connectivity index (χ1v) is 6.58. The normalized spacial score (nSPS) is 13.9. The second-order valence-electron chi connectivity index (χ2n) is 2.71. The standard InChI is InChI=1S/C8H11NO2S2/c1-3-4-7(13(2,10)11)8-9-5-6-12-8/h3,5-7H,1,4H2,2H3. The topological polar surface area (TPSA) is 47.0 Å². The summed E-state index contributed by atoms with van der Waals surface area (Å²) in [7, 11) is -3.07. The zero-order chi connectivity index (χ0) is 9.90. The van der Waals surface area contributed by atoms with Crippen molar-refractivity contribution in [1.29, 1.82) is 0 Å². The minimum absolute atomic E-state index is 0.423. The van der Waals surface area contributed by atoms with Crippen LogP contribution in [0.15, 0.2) is 24.2 Å². The molecule has 0 saturated heterocycles. The van der Waals surface area contributed by atoms with E-state index in [1.807, 2.05) is 0 Å². The van der Waals surface area contributed by atoms with Crippen molar-refractivity contribution in [1.82, 2.24) is 4.98 Å². The van der Waals surface area contributed by atoms with E-state index in [1.165, 1.54) is 17.6 Å². The number of nitrogens with zero attached hydrogens (tertiary/aromatic N) is 1. The van der Waals surface area contributed by atoms with Crippen LogP contribution in [0, 0.1) is 0 Å². The summed E-state index contributed by atoms with van der Waals surface area (Å²) in [6.07, 6.45) is 4.86. The summed E-state index contributed by atoms with van der Waals surface area (Å²) in [5, 5.41) is 1.89. The molecule has 0 aliphatic heterocycles. The summed E-state index contributed by atoms with van der Waals surface area (Å²) in [6.45, 7) is 3.54. The van der Waals surface area contributed by atoms with Gasteiger partial charge in [0.05, 0.1) is 0 Å². The molecule has 0 spiro atoms. The molecule has 1 aromatic rings. The van der Waals surface area contributed by atoms with Crippen molar-refractivity contribution < 1.29 is 8.42 Å². The zero-order valence-corrected chi connectivity index (χ0v) is 8.94. The second-order valence-corrected chi connectivity index (χ2v) is 5.87. The number of sulfone groups is 1. The van der Waals surface area contributed by atoms with E-state index in [0.29, 0.717) is 11.4 Å². The quantitative estimate of drug-likeness (QED) is 0.723. The molecule has 0 bridgehead atoms. The van der Waals surface area contributed by atoms with E-state index in [2.05, 4.69) is 11.6 Å². The van der Waals surface area contributed by atoms with E-state index in [0.717, 1.165) is 0 Å². The number of aromatic nitrogens is 1. The second kappa shape index (κ2) is 4.02. The minimum atomic E-state index is -3.07. The van der Waals surface area contributed by atoms with Gasteiger partial charge in [-0.3, -0.25) is 0 Å². The van der Waals surface area contributed by atoms with Crippen molar-refractivity contribution >= 4 is 21.2 Å². The van der Waals surface area contributed by atoms with Crippen molar-refractivity contribution in [3.63, 3.8) is 0 Å². The number of thiazole rings is 1. The van der Waals surface area contributed by atoms with Crippen LogP contribution in [-0.2, 0) is 9.84 Å². The van der Waals surface area contributed by atoms with Crippen molar-refractivity contribution in [2.75, 3.05) is 6.26 Å². The van der Waals surface area contributed by atoms with Gasteiger partial charge in [0.25, 0.3) is 0 Å². The molecule has 1 atom stereocenters. The molecule has 0 aliphatic carbocycles. The first-order chi connectivity index (χ1) is 6.05. The Labute approximate surface area is 82.1 Å². The predicted molar refractivity (Wildman–Crippen MR) is 54.5 cm³/mol. The lowest BCUT2D eigenvalue weighted by atomic mass is 10.3. The molecule has 0 aromatic carbocycles. The molecule has 1 unspecified atom stereocenters. The Morgan fingerprint density at radius 2 is 2.46 bits per heavy atom. The Morgan fingerprint density at radius 3 is 2.85 bits per heavy atom. The first-order valence-electron chi connectivity index (χ1n) is 3.75. The fraction of sp³-hybridized carbons (Fsp3) is 0.375. The molecule has 1 aromatic heterocycles. The Morgan fingerprint density at radius 1 is 1.77 bits per heavy atom.